The first-order valence-corrected chi connectivity index (χ1v) is 15.9. The number of anilines is 1. The molecule has 0 saturated carbocycles. The minimum absolute atomic E-state index is 0.170. The summed E-state index contributed by atoms with van der Waals surface area (Å²) in [7, 11) is 3.17. The summed E-state index contributed by atoms with van der Waals surface area (Å²) in [5.74, 6) is 1.06. The maximum absolute atomic E-state index is 16.7. The van der Waals surface area contributed by atoms with Gasteiger partial charge < -0.3 is 29.4 Å². The Hall–Kier alpha value is -5.69. The lowest BCUT2D eigenvalue weighted by atomic mass is 9.79. The van der Waals surface area contributed by atoms with E-state index in [4.69, 9.17) is 18.9 Å². The van der Waals surface area contributed by atoms with E-state index in [0.717, 1.165) is 5.56 Å². The van der Waals surface area contributed by atoms with Gasteiger partial charge in [0.05, 0.1) is 27.2 Å². The Balaban J connectivity index is 1.35. The highest BCUT2D eigenvalue weighted by molar-refractivity contribution is 6.06. The van der Waals surface area contributed by atoms with Gasteiger partial charge >= 0.3 is 0 Å². The molecule has 3 heterocycles. The maximum atomic E-state index is 16.7. The second-order valence-corrected chi connectivity index (χ2v) is 11.6. The van der Waals surface area contributed by atoms with Crippen molar-refractivity contribution in [1.29, 1.82) is 0 Å². The lowest BCUT2D eigenvalue weighted by molar-refractivity contribution is -0.115. The normalized spacial score (nSPS) is 19.0. The number of carbonyl (C=O) groups is 1. The van der Waals surface area contributed by atoms with Crippen LogP contribution in [0.25, 0.3) is 11.2 Å². The molecule has 1 aliphatic heterocycles. The molecule has 0 aliphatic carbocycles. The molecule has 50 heavy (non-hydrogen) atoms. The van der Waals surface area contributed by atoms with Crippen LogP contribution >= 0.6 is 0 Å². The zero-order valence-corrected chi connectivity index (χ0v) is 27.2. The van der Waals surface area contributed by atoms with Crippen LogP contribution in [0.1, 0.15) is 33.3 Å². The van der Waals surface area contributed by atoms with Gasteiger partial charge in [-0.2, -0.15) is 0 Å². The number of nitrogens with zero attached hydrogens (tertiary/aromatic N) is 4. The van der Waals surface area contributed by atoms with Gasteiger partial charge in [0.2, 0.25) is 0 Å². The molecule has 0 bridgehead atoms. The van der Waals surface area contributed by atoms with Crippen LogP contribution in [0.3, 0.4) is 0 Å². The lowest BCUT2D eigenvalue weighted by Gasteiger charge is -2.39. The first-order valence-electron chi connectivity index (χ1n) is 15.9. The molecule has 1 aliphatic rings. The van der Waals surface area contributed by atoms with E-state index >= 15 is 4.39 Å². The Bertz CT molecular complexity index is 2010. The fraction of sp³-hybridized carbons (Fsp3) is 0.211. The topological polar surface area (TPSA) is 130 Å². The standard InChI is InChI=1S/C38H34FN5O6/c1-47-28-17-13-26(14-18-28)38(25-11-7-4-8-12-25,27-15-19-29(48-2)20-16-27)50-33-31(39)30(21-45)49-37(33)44-23-42-32-34(40-22-41-35(32)44)43-36(46)24-9-5-3-6-10-24/h3-20,22-23,30-31,33,37,45H,21H2,1-2H3,(H,40,41,43,46)/t30-,31-,33-,37-/m1/s1. The van der Waals surface area contributed by atoms with Gasteiger partial charge in [0, 0.05) is 5.56 Å². The first kappa shape index (κ1) is 32.8. The van der Waals surface area contributed by atoms with Gasteiger partial charge in [-0.25, -0.2) is 19.3 Å². The molecular weight excluding hydrogens is 641 g/mol. The predicted molar refractivity (Wildman–Crippen MR) is 183 cm³/mol. The molecule has 2 aromatic heterocycles. The van der Waals surface area contributed by atoms with Crippen LogP contribution < -0.4 is 14.8 Å². The number of methoxy groups -OCH3 is 2. The largest absolute Gasteiger partial charge is 0.497 e. The molecule has 12 heteroatoms. The van der Waals surface area contributed by atoms with Gasteiger partial charge in [-0.1, -0.05) is 72.8 Å². The molecular formula is C38H34FN5O6. The Labute approximate surface area is 287 Å². The first-order chi connectivity index (χ1) is 24.5. The van der Waals surface area contributed by atoms with E-state index < -0.39 is 36.8 Å². The van der Waals surface area contributed by atoms with Crippen molar-refractivity contribution in [3.8, 4) is 11.5 Å². The van der Waals surface area contributed by atoms with Crippen molar-refractivity contribution in [2.24, 2.45) is 0 Å². The number of benzene rings is 4. The molecule has 7 rings (SSSR count). The molecule has 0 spiro atoms. The number of hydrogen-bond acceptors (Lipinski definition) is 9. The molecule has 0 unspecified atom stereocenters. The van der Waals surface area contributed by atoms with E-state index in [2.05, 4.69) is 20.3 Å². The van der Waals surface area contributed by atoms with Crippen LogP contribution in [0.4, 0.5) is 10.2 Å². The summed E-state index contributed by atoms with van der Waals surface area (Å²) in [6, 6.07) is 33.0. The van der Waals surface area contributed by atoms with E-state index in [9.17, 15) is 9.90 Å². The van der Waals surface area contributed by atoms with Crippen molar-refractivity contribution in [3.63, 3.8) is 0 Å². The number of fused-ring (bicyclic) bond motifs is 1. The smallest absolute Gasteiger partial charge is 0.256 e. The Morgan fingerprint density at radius 2 is 1.42 bits per heavy atom. The molecule has 254 valence electrons. The average Bonchev–Trinajstić information content (AvgIpc) is 3.75. The Morgan fingerprint density at radius 1 is 0.840 bits per heavy atom. The quantitative estimate of drug-likeness (QED) is 0.166. The number of nitrogens with one attached hydrogen (secondary N) is 1. The third kappa shape index (κ3) is 5.93. The molecule has 0 radical (unpaired) electrons. The van der Waals surface area contributed by atoms with Crippen LogP contribution in [-0.4, -0.2) is 69.7 Å². The third-order valence-corrected chi connectivity index (χ3v) is 8.83. The number of aromatic nitrogens is 4. The number of alkyl halides is 1. The minimum atomic E-state index is -1.78. The zero-order valence-electron chi connectivity index (χ0n) is 27.2. The summed E-state index contributed by atoms with van der Waals surface area (Å²) >= 11 is 0. The summed E-state index contributed by atoms with van der Waals surface area (Å²) in [6.45, 7) is -0.596. The minimum Gasteiger partial charge on any atom is -0.497 e. The number of aliphatic hydroxyl groups excluding tert-OH is 1. The van der Waals surface area contributed by atoms with Crippen LogP contribution in [0.15, 0.2) is 122 Å². The van der Waals surface area contributed by atoms with Crippen molar-refractivity contribution in [2.75, 3.05) is 26.1 Å². The number of hydrogen-bond donors (Lipinski definition) is 2. The van der Waals surface area contributed by atoms with Crippen LogP contribution in [-0.2, 0) is 15.1 Å². The number of carbonyl (C=O) groups excluding carboxylic acids is 1. The van der Waals surface area contributed by atoms with Crippen molar-refractivity contribution >= 4 is 22.9 Å². The van der Waals surface area contributed by atoms with Crippen molar-refractivity contribution in [3.05, 3.63) is 144 Å². The van der Waals surface area contributed by atoms with Gasteiger partial charge in [-0.15, -0.1) is 0 Å². The van der Waals surface area contributed by atoms with Gasteiger partial charge in [0.1, 0.15) is 35.6 Å². The Morgan fingerprint density at radius 3 is 2.00 bits per heavy atom. The van der Waals surface area contributed by atoms with E-state index in [-0.39, 0.29) is 22.9 Å². The number of ether oxygens (including phenoxy) is 4. The summed E-state index contributed by atoms with van der Waals surface area (Å²) in [6.07, 6.45) is -2.71. The van der Waals surface area contributed by atoms with Crippen LogP contribution in [0.2, 0.25) is 0 Å². The molecule has 4 aromatic carbocycles. The van der Waals surface area contributed by atoms with E-state index in [1.54, 1.807) is 43.1 Å². The van der Waals surface area contributed by atoms with E-state index in [0.29, 0.717) is 28.2 Å². The van der Waals surface area contributed by atoms with Crippen LogP contribution in [0, 0.1) is 0 Å². The fourth-order valence-electron chi connectivity index (χ4n) is 6.32. The maximum Gasteiger partial charge on any atom is 0.256 e. The summed E-state index contributed by atoms with van der Waals surface area (Å²) in [5.41, 5.74) is 1.69. The highest BCUT2D eigenvalue weighted by Gasteiger charge is 2.52. The summed E-state index contributed by atoms with van der Waals surface area (Å²) < 4.78 is 42.4. The summed E-state index contributed by atoms with van der Waals surface area (Å²) in [5, 5.41) is 13.0. The molecule has 11 nitrogen and oxygen atoms in total. The average molecular weight is 676 g/mol. The highest BCUT2D eigenvalue weighted by atomic mass is 19.1. The van der Waals surface area contributed by atoms with Crippen molar-refractivity contribution in [2.45, 2.75) is 30.2 Å². The number of imidazole rings is 1. The van der Waals surface area contributed by atoms with Gasteiger partial charge in [0.25, 0.3) is 5.91 Å². The monoisotopic (exact) mass is 675 g/mol. The van der Waals surface area contributed by atoms with E-state index in [1.165, 1.54) is 12.7 Å². The zero-order chi connectivity index (χ0) is 34.7. The summed E-state index contributed by atoms with van der Waals surface area (Å²) in [4.78, 5) is 26.2. The number of aliphatic hydroxyl groups is 1. The predicted octanol–water partition coefficient (Wildman–Crippen LogP) is 5.70. The molecule has 6 aromatic rings. The van der Waals surface area contributed by atoms with Gasteiger partial charge in [0.15, 0.2) is 29.4 Å². The van der Waals surface area contributed by atoms with Gasteiger partial charge in [-0.3, -0.25) is 9.36 Å². The molecule has 1 amide bonds. The third-order valence-electron chi connectivity index (χ3n) is 8.83. The number of rotatable bonds is 11. The SMILES string of the molecule is COc1ccc(C(O[C@@H]2[C@H](F)[C@@H](CO)O[C@H]2n2cnc3c(NC(=O)c4ccccc4)ncnc32)(c2ccccc2)c2ccc(OC)cc2)cc1. The highest BCUT2D eigenvalue weighted by Crippen LogP contribution is 2.47. The fourth-order valence-corrected chi connectivity index (χ4v) is 6.32. The number of halogens is 1. The Kier molecular flexibility index (Phi) is 9.22. The molecule has 1 fully saturated rings. The van der Waals surface area contributed by atoms with Crippen molar-refractivity contribution in [1.82, 2.24) is 19.5 Å². The van der Waals surface area contributed by atoms with Crippen molar-refractivity contribution < 1.29 is 33.2 Å². The number of amides is 1. The van der Waals surface area contributed by atoms with Gasteiger partial charge in [-0.05, 0) is 53.1 Å². The second kappa shape index (κ2) is 14.0. The molecule has 4 atom stereocenters. The van der Waals surface area contributed by atoms with Crippen LogP contribution in [0.5, 0.6) is 11.5 Å². The van der Waals surface area contributed by atoms with E-state index in [1.807, 2.05) is 84.9 Å². The second-order valence-electron chi connectivity index (χ2n) is 11.6. The lowest BCUT2D eigenvalue weighted by Crippen LogP contribution is -2.42. The molecule has 1 saturated heterocycles. The molecule has 2 N–H and O–H groups in total.